The first kappa shape index (κ1) is 17.9. The lowest BCUT2D eigenvalue weighted by molar-refractivity contribution is 0.0951. The number of nitrogens with one attached hydrogen (secondary N) is 1. The second-order valence-corrected chi connectivity index (χ2v) is 6.88. The van der Waals surface area contributed by atoms with E-state index < -0.39 is 5.95 Å². The number of rotatable bonds is 5. The summed E-state index contributed by atoms with van der Waals surface area (Å²) in [5.41, 5.74) is 7.94. The van der Waals surface area contributed by atoms with Gasteiger partial charge in [0.05, 0.1) is 5.56 Å². The Morgan fingerprint density at radius 3 is 2.54 bits per heavy atom. The topological polar surface area (TPSA) is 68.0 Å². The maximum atomic E-state index is 13.0. The fourth-order valence-electron chi connectivity index (χ4n) is 2.39. The number of nitrogens with two attached hydrogens (primary N) is 1. The van der Waals surface area contributed by atoms with Crippen LogP contribution in [0.3, 0.4) is 0 Å². The third kappa shape index (κ3) is 4.40. The Balaban J connectivity index is 1.61. The Kier molecular flexibility index (Phi) is 5.53. The molecule has 26 heavy (non-hydrogen) atoms. The van der Waals surface area contributed by atoms with Crippen LogP contribution in [-0.4, -0.2) is 10.9 Å². The molecule has 1 amide bonds. The van der Waals surface area contributed by atoms with E-state index in [0.29, 0.717) is 6.54 Å². The molecule has 0 aliphatic rings. The van der Waals surface area contributed by atoms with Crippen LogP contribution < -0.4 is 11.1 Å². The van der Waals surface area contributed by atoms with Crippen LogP contribution in [0.25, 0.3) is 0 Å². The summed E-state index contributed by atoms with van der Waals surface area (Å²) in [6.45, 7) is 2.44. The lowest BCUT2D eigenvalue weighted by atomic mass is 10.2. The van der Waals surface area contributed by atoms with E-state index in [9.17, 15) is 9.18 Å². The van der Waals surface area contributed by atoms with Gasteiger partial charge in [0.2, 0.25) is 5.95 Å². The molecular formula is C20H18FN3OS. The zero-order chi connectivity index (χ0) is 18.5. The van der Waals surface area contributed by atoms with E-state index in [1.807, 2.05) is 36.4 Å². The SMILES string of the molecule is Cc1ccccc1Sc1ccc(CNC(=O)c2ccc(F)nc2N)cc1. The van der Waals surface area contributed by atoms with E-state index in [0.717, 1.165) is 16.5 Å². The molecule has 0 atom stereocenters. The van der Waals surface area contributed by atoms with Gasteiger partial charge < -0.3 is 11.1 Å². The molecule has 2 aromatic carbocycles. The Morgan fingerprint density at radius 2 is 1.85 bits per heavy atom. The number of carbonyl (C=O) groups is 1. The number of hydrogen-bond donors (Lipinski definition) is 2. The van der Waals surface area contributed by atoms with Crippen LogP contribution in [0.5, 0.6) is 0 Å². The minimum atomic E-state index is -0.708. The Hall–Kier alpha value is -2.86. The second kappa shape index (κ2) is 8.01. The highest BCUT2D eigenvalue weighted by atomic mass is 32.2. The molecule has 0 saturated heterocycles. The minimum absolute atomic E-state index is 0.118. The van der Waals surface area contributed by atoms with Crippen molar-refractivity contribution in [2.45, 2.75) is 23.3 Å². The van der Waals surface area contributed by atoms with Crippen LogP contribution in [0.2, 0.25) is 0 Å². The average molecular weight is 367 g/mol. The van der Waals surface area contributed by atoms with Crippen LogP contribution in [0.15, 0.2) is 70.5 Å². The molecule has 4 nitrogen and oxygen atoms in total. The van der Waals surface area contributed by atoms with Gasteiger partial charge in [-0.25, -0.2) is 4.98 Å². The number of halogens is 1. The monoisotopic (exact) mass is 367 g/mol. The molecule has 3 N–H and O–H groups in total. The second-order valence-electron chi connectivity index (χ2n) is 5.76. The van der Waals surface area contributed by atoms with Crippen molar-refractivity contribution in [1.82, 2.24) is 10.3 Å². The van der Waals surface area contributed by atoms with Crippen LogP contribution in [0.1, 0.15) is 21.5 Å². The molecule has 0 aliphatic carbocycles. The number of amides is 1. The zero-order valence-electron chi connectivity index (χ0n) is 14.2. The first-order valence-electron chi connectivity index (χ1n) is 8.05. The minimum Gasteiger partial charge on any atom is -0.383 e. The van der Waals surface area contributed by atoms with Gasteiger partial charge in [0, 0.05) is 16.3 Å². The van der Waals surface area contributed by atoms with Gasteiger partial charge in [0.15, 0.2) is 0 Å². The molecule has 0 bridgehead atoms. The summed E-state index contributed by atoms with van der Waals surface area (Å²) in [5, 5.41) is 2.77. The third-order valence-electron chi connectivity index (χ3n) is 3.83. The van der Waals surface area contributed by atoms with Crippen molar-refractivity contribution in [3.63, 3.8) is 0 Å². The molecule has 1 aromatic heterocycles. The van der Waals surface area contributed by atoms with Gasteiger partial charge in [-0.1, -0.05) is 42.1 Å². The van der Waals surface area contributed by atoms with E-state index >= 15 is 0 Å². The summed E-state index contributed by atoms with van der Waals surface area (Å²) < 4.78 is 13.0. The summed E-state index contributed by atoms with van der Waals surface area (Å²) in [7, 11) is 0. The van der Waals surface area contributed by atoms with Gasteiger partial charge in [-0.3, -0.25) is 4.79 Å². The number of benzene rings is 2. The average Bonchev–Trinajstić information content (AvgIpc) is 2.63. The Morgan fingerprint density at radius 1 is 1.12 bits per heavy atom. The summed E-state index contributed by atoms with van der Waals surface area (Å²) in [6, 6.07) is 18.6. The number of carbonyl (C=O) groups excluding carboxylic acids is 1. The van der Waals surface area contributed by atoms with Gasteiger partial charge in [-0.15, -0.1) is 0 Å². The van der Waals surface area contributed by atoms with Gasteiger partial charge in [-0.2, -0.15) is 4.39 Å². The van der Waals surface area contributed by atoms with E-state index in [4.69, 9.17) is 5.73 Å². The number of anilines is 1. The first-order chi connectivity index (χ1) is 12.5. The van der Waals surface area contributed by atoms with Crippen molar-refractivity contribution in [2.75, 3.05) is 5.73 Å². The van der Waals surface area contributed by atoms with Gasteiger partial charge in [0.1, 0.15) is 5.82 Å². The molecular weight excluding hydrogens is 349 g/mol. The predicted molar refractivity (Wildman–Crippen MR) is 102 cm³/mol. The standard InChI is InChI=1S/C20H18FN3OS/c1-13-4-2-3-5-17(13)26-15-8-6-14(7-9-15)12-23-20(25)16-10-11-18(21)24-19(16)22/h2-11H,12H2,1H3,(H2,22,24)(H,23,25). The molecule has 0 spiro atoms. The highest BCUT2D eigenvalue weighted by molar-refractivity contribution is 7.99. The van der Waals surface area contributed by atoms with Crippen molar-refractivity contribution >= 4 is 23.5 Å². The largest absolute Gasteiger partial charge is 0.383 e. The molecule has 0 saturated carbocycles. The summed E-state index contributed by atoms with van der Waals surface area (Å²) in [5.74, 6) is -1.21. The maximum Gasteiger partial charge on any atom is 0.255 e. The number of nitrogen functional groups attached to an aromatic ring is 1. The first-order valence-corrected chi connectivity index (χ1v) is 8.87. The number of nitrogens with zero attached hydrogens (tertiary/aromatic N) is 1. The van der Waals surface area contributed by atoms with Crippen LogP contribution >= 0.6 is 11.8 Å². The Labute approximate surface area is 155 Å². The van der Waals surface area contributed by atoms with Gasteiger partial charge in [0.25, 0.3) is 5.91 Å². The fraction of sp³-hybridized carbons (Fsp3) is 0.100. The molecule has 0 aliphatic heterocycles. The van der Waals surface area contributed by atoms with Crippen molar-refractivity contribution in [3.8, 4) is 0 Å². The zero-order valence-corrected chi connectivity index (χ0v) is 15.0. The lowest BCUT2D eigenvalue weighted by Gasteiger charge is -2.08. The highest BCUT2D eigenvalue weighted by Gasteiger charge is 2.11. The lowest BCUT2D eigenvalue weighted by Crippen LogP contribution is -2.24. The summed E-state index contributed by atoms with van der Waals surface area (Å²) in [4.78, 5) is 17.9. The van der Waals surface area contributed by atoms with Gasteiger partial charge >= 0.3 is 0 Å². The molecule has 0 fully saturated rings. The predicted octanol–water partition coefficient (Wildman–Crippen LogP) is 4.19. The highest BCUT2D eigenvalue weighted by Crippen LogP contribution is 2.30. The van der Waals surface area contributed by atoms with Crippen LogP contribution in [-0.2, 0) is 6.54 Å². The fourth-order valence-corrected chi connectivity index (χ4v) is 3.29. The smallest absolute Gasteiger partial charge is 0.255 e. The molecule has 3 aromatic rings. The number of aromatic nitrogens is 1. The summed E-state index contributed by atoms with van der Waals surface area (Å²) in [6.07, 6.45) is 0. The van der Waals surface area contributed by atoms with Crippen molar-refractivity contribution in [2.24, 2.45) is 0 Å². The van der Waals surface area contributed by atoms with Crippen LogP contribution in [0, 0.1) is 12.9 Å². The normalized spacial score (nSPS) is 10.5. The molecule has 6 heteroatoms. The van der Waals surface area contributed by atoms with E-state index in [1.54, 1.807) is 11.8 Å². The van der Waals surface area contributed by atoms with Crippen molar-refractivity contribution in [3.05, 3.63) is 83.3 Å². The molecule has 132 valence electrons. The van der Waals surface area contributed by atoms with E-state index in [-0.39, 0.29) is 17.3 Å². The van der Waals surface area contributed by atoms with Crippen molar-refractivity contribution in [1.29, 1.82) is 0 Å². The molecule has 3 rings (SSSR count). The summed E-state index contributed by atoms with van der Waals surface area (Å²) >= 11 is 1.70. The van der Waals surface area contributed by atoms with E-state index in [2.05, 4.69) is 29.4 Å². The quantitative estimate of drug-likeness (QED) is 0.664. The van der Waals surface area contributed by atoms with Crippen molar-refractivity contribution < 1.29 is 9.18 Å². The number of pyridine rings is 1. The number of hydrogen-bond acceptors (Lipinski definition) is 4. The molecule has 0 unspecified atom stereocenters. The Bertz CT molecular complexity index is 929. The van der Waals surface area contributed by atoms with Crippen LogP contribution in [0.4, 0.5) is 10.2 Å². The van der Waals surface area contributed by atoms with Gasteiger partial charge in [-0.05, 0) is 48.4 Å². The number of aryl methyl sites for hydroxylation is 1. The molecule has 0 radical (unpaired) electrons. The maximum absolute atomic E-state index is 13.0. The van der Waals surface area contributed by atoms with E-state index in [1.165, 1.54) is 16.5 Å². The third-order valence-corrected chi connectivity index (χ3v) is 5.02. The molecule has 1 heterocycles.